The molecular weight excluding hydrogens is 763 g/mol. The van der Waals surface area contributed by atoms with Crippen LogP contribution in [0.4, 0.5) is 0 Å². The Bertz CT molecular complexity index is 920. The van der Waals surface area contributed by atoms with Gasteiger partial charge in [0.2, 0.25) is 5.91 Å². The average molecular weight is 875 g/mol. The molecular formula is C57H111NO4. The third-order valence-corrected chi connectivity index (χ3v) is 13.3. The van der Waals surface area contributed by atoms with Crippen molar-refractivity contribution in [2.24, 2.45) is 0 Å². The molecule has 0 aromatic heterocycles. The van der Waals surface area contributed by atoms with E-state index in [4.69, 9.17) is 0 Å². The lowest BCUT2D eigenvalue weighted by Crippen LogP contribution is -2.50. The van der Waals surface area contributed by atoms with Gasteiger partial charge in [0.25, 0.3) is 0 Å². The van der Waals surface area contributed by atoms with Crippen LogP contribution in [0.3, 0.4) is 0 Å². The summed E-state index contributed by atoms with van der Waals surface area (Å²) < 4.78 is 0. The number of allylic oxidation sites excluding steroid dienone is 4. The quantitative estimate of drug-likeness (QED) is 0.0362. The molecule has 0 saturated heterocycles. The summed E-state index contributed by atoms with van der Waals surface area (Å²) in [5.74, 6) is -0.149. The van der Waals surface area contributed by atoms with E-state index in [0.29, 0.717) is 12.8 Å². The molecule has 3 unspecified atom stereocenters. The summed E-state index contributed by atoms with van der Waals surface area (Å²) in [6, 6.07) is -0.823. The summed E-state index contributed by atoms with van der Waals surface area (Å²) >= 11 is 0. The molecule has 0 aliphatic carbocycles. The number of nitrogens with one attached hydrogen (secondary N) is 1. The molecule has 0 bridgehead atoms. The molecule has 0 aromatic carbocycles. The Labute approximate surface area is 388 Å². The van der Waals surface area contributed by atoms with Crippen molar-refractivity contribution in [3.05, 3.63) is 24.3 Å². The Morgan fingerprint density at radius 2 is 0.645 bits per heavy atom. The third-order valence-electron chi connectivity index (χ3n) is 13.3. The van der Waals surface area contributed by atoms with E-state index in [9.17, 15) is 20.1 Å². The number of unbranched alkanes of at least 4 members (excludes halogenated alkanes) is 40. The topological polar surface area (TPSA) is 89.8 Å². The molecule has 3 atom stereocenters. The Morgan fingerprint density at radius 3 is 0.935 bits per heavy atom. The molecule has 62 heavy (non-hydrogen) atoms. The van der Waals surface area contributed by atoms with Crippen LogP contribution in [-0.2, 0) is 4.79 Å². The van der Waals surface area contributed by atoms with E-state index in [1.54, 1.807) is 0 Å². The standard InChI is InChI=1S/C57H111NO4/c1-3-5-7-9-11-13-15-17-19-20-21-22-23-24-25-26-27-28-29-30-31-32-33-34-35-36-38-40-42-44-46-48-50-52-56(61)58-54(53-59)57(62)55(60)51-49-47-45-43-41-39-37-18-16-14-12-10-8-6-4-2/h24-25,43,45,54-55,57,59-60,62H,3-23,26-42,44,46-53H2,1-2H3,(H,58,61)/b25-24-,45-43+. The average Bonchev–Trinajstić information content (AvgIpc) is 3.28. The predicted molar refractivity (Wildman–Crippen MR) is 273 cm³/mol. The molecule has 368 valence electrons. The van der Waals surface area contributed by atoms with E-state index >= 15 is 0 Å². The van der Waals surface area contributed by atoms with E-state index in [-0.39, 0.29) is 12.5 Å². The largest absolute Gasteiger partial charge is 0.394 e. The fraction of sp³-hybridized carbons (Fsp3) is 0.912. The van der Waals surface area contributed by atoms with Gasteiger partial charge >= 0.3 is 0 Å². The van der Waals surface area contributed by atoms with Crippen molar-refractivity contribution in [3.63, 3.8) is 0 Å². The van der Waals surface area contributed by atoms with Gasteiger partial charge in [-0.15, -0.1) is 0 Å². The van der Waals surface area contributed by atoms with Crippen LogP contribution in [0.25, 0.3) is 0 Å². The highest BCUT2D eigenvalue weighted by Crippen LogP contribution is 2.17. The molecule has 0 heterocycles. The molecule has 4 N–H and O–H groups in total. The second-order valence-corrected chi connectivity index (χ2v) is 19.5. The third kappa shape index (κ3) is 46.8. The fourth-order valence-electron chi connectivity index (χ4n) is 8.93. The van der Waals surface area contributed by atoms with Crippen molar-refractivity contribution in [3.8, 4) is 0 Å². The minimum Gasteiger partial charge on any atom is -0.394 e. The van der Waals surface area contributed by atoms with Gasteiger partial charge in [0.15, 0.2) is 0 Å². The van der Waals surface area contributed by atoms with Crippen LogP contribution in [0, 0.1) is 0 Å². The van der Waals surface area contributed by atoms with Crippen molar-refractivity contribution < 1.29 is 20.1 Å². The van der Waals surface area contributed by atoms with E-state index in [1.807, 2.05) is 0 Å². The number of aliphatic hydroxyl groups excluding tert-OH is 3. The lowest BCUT2D eigenvalue weighted by molar-refractivity contribution is -0.124. The highest BCUT2D eigenvalue weighted by molar-refractivity contribution is 5.76. The van der Waals surface area contributed by atoms with Gasteiger partial charge in [-0.1, -0.05) is 263 Å². The van der Waals surface area contributed by atoms with Crippen molar-refractivity contribution in [2.45, 2.75) is 327 Å². The van der Waals surface area contributed by atoms with Crippen molar-refractivity contribution in [1.29, 1.82) is 0 Å². The zero-order valence-electron chi connectivity index (χ0n) is 42.0. The molecule has 0 radical (unpaired) electrons. The maximum atomic E-state index is 12.5. The van der Waals surface area contributed by atoms with Crippen molar-refractivity contribution >= 4 is 5.91 Å². The number of amides is 1. The lowest BCUT2D eigenvalue weighted by atomic mass is 10.0. The van der Waals surface area contributed by atoms with Gasteiger partial charge in [0.05, 0.1) is 18.8 Å². The summed E-state index contributed by atoms with van der Waals surface area (Å²) in [4.78, 5) is 12.5. The number of aliphatic hydroxyl groups is 3. The first-order valence-electron chi connectivity index (χ1n) is 28.1. The number of hydrogen-bond donors (Lipinski definition) is 4. The van der Waals surface area contributed by atoms with Gasteiger partial charge < -0.3 is 20.6 Å². The van der Waals surface area contributed by atoms with Gasteiger partial charge in [-0.3, -0.25) is 4.79 Å². The zero-order chi connectivity index (χ0) is 45.1. The van der Waals surface area contributed by atoms with Crippen molar-refractivity contribution in [1.82, 2.24) is 5.32 Å². The molecule has 0 aromatic rings. The first-order valence-corrected chi connectivity index (χ1v) is 28.1. The summed E-state index contributed by atoms with van der Waals surface area (Å²) in [6.07, 6.45) is 66.3. The highest BCUT2D eigenvalue weighted by Gasteiger charge is 2.26. The highest BCUT2D eigenvalue weighted by atomic mass is 16.3. The van der Waals surface area contributed by atoms with Gasteiger partial charge in [0.1, 0.15) is 6.10 Å². The number of hydrogen-bond acceptors (Lipinski definition) is 4. The Hall–Kier alpha value is -1.17. The van der Waals surface area contributed by atoms with Gasteiger partial charge in [0, 0.05) is 6.42 Å². The van der Waals surface area contributed by atoms with Gasteiger partial charge in [-0.05, 0) is 64.2 Å². The summed E-state index contributed by atoms with van der Waals surface area (Å²) in [6.45, 7) is 4.19. The van der Waals surface area contributed by atoms with Crippen LogP contribution in [0.1, 0.15) is 309 Å². The molecule has 0 rings (SSSR count). The van der Waals surface area contributed by atoms with E-state index in [1.165, 1.54) is 244 Å². The maximum Gasteiger partial charge on any atom is 0.220 e. The van der Waals surface area contributed by atoms with Gasteiger partial charge in [-0.2, -0.15) is 0 Å². The molecule has 5 heteroatoms. The minimum absolute atomic E-state index is 0.149. The normalized spacial score (nSPS) is 13.4. The van der Waals surface area contributed by atoms with Gasteiger partial charge in [-0.25, -0.2) is 0 Å². The van der Waals surface area contributed by atoms with Crippen LogP contribution in [0.2, 0.25) is 0 Å². The monoisotopic (exact) mass is 874 g/mol. The minimum atomic E-state index is -1.16. The molecule has 5 nitrogen and oxygen atoms in total. The Kier molecular flexibility index (Phi) is 51.5. The van der Waals surface area contributed by atoms with Crippen LogP contribution < -0.4 is 5.32 Å². The van der Waals surface area contributed by atoms with E-state index < -0.39 is 18.2 Å². The van der Waals surface area contributed by atoms with Crippen LogP contribution >= 0.6 is 0 Å². The van der Waals surface area contributed by atoms with Crippen molar-refractivity contribution in [2.75, 3.05) is 6.61 Å². The second-order valence-electron chi connectivity index (χ2n) is 19.5. The predicted octanol–water partition coefficient (Wildman–Crippen LogP) is 17.3. The fourth-order valence-corrected chi connectivity index (χ4v) is 8.93. The molecule has 0 aliphatic rings. The summed E-state index contributed by atoms with van der Waals surface area (Å²) in [7, 11) is 0. The lowest BCUT2D eigenvalue weighted by Gasteiger charge is -2.26. The second kappa shape index (κ2) is 52.5. The zero-order valence-corrected chi connectivity index (χ0v) is 42.0. The molecule has 1 amide bonds. The Morgan fingerprint density at radius 1 is 0.387 bits per heavy atom. The van der Waals surface area contributed by atoms with E-state index in [2.05, 4.69) is 43.5 Å². The SMILES string of the molecule is CCCCCCCCCCCC/C=C/CCCC(O)C(O)C(CO)NC(=O)CCCCCCCCCCCCCCCCCCC/C=C\CCCCCCCCCCCCCC. The maximum absolute atomic E-state index is 12.5. The molecule has 0 aliphatic heterocycles. The van der Waals surface area contributed by atoms with Crippen LogP contribution in [0.15, 0.2) is 24.3 Å². The molecule has 0 saturated carbocycles. The summed E-state index contributed by atoms with van der Waals surface area (Å²) in [5, 5.41) is 33.6. The van der Waals surface area contributed by atoms with Crippen LogP contribution in [-0.4, -0.2) is 46.1 Å². The van der Waals surface area contributed by atoms with Crippen LogP contribution in [0.5, 0.6) is 0 Å². The number of carbonyl (C=O) groups excluding carboxylic acids is 1. The first-order chi connectivity index (χ1) is 30.6. The smallest absolute Gasteiger partial charge is 0.220 e. The Balaban J connectivity index is 3.49. The molecule has 0 fully saturated rings. The first kappa shape index (κ1) is 60.8. The van der Waals surface area contributed by atoms with E-state index in [0.717, 1.165) is 38.5 Å². The number of rotatable bonds is 52. The molecule has 0 spiro atoms. The summed E-state index contributed by atoms with van der Waals surface area (Å²) in [5.41, 5.74) is 0. The number of carbonyl (C=O) groups is 1.